The van der Waals surface area contributed by atoms with Crippen molar-refractivity contribution in [3.8, 4) is 5.75 Å². The van der Waals surface area contributed by atoms with Crippen LogP contribution in [0.2, 0.25) is 10.0 Å². The lowest BCUT2D eigenvalue weighted by Crippen LogP contribution is -2.12. The molecule has 0 aliphatic rings. The number of ether oxygens (including phenoxy) is 1. The number of carbonyl (C=O) groups is 1. The Morgan fingerprint density at radius 3 is 2.67 bits per heavy atom. The van der Waals surface area contributed by atoms with E-state index in [9.17, 15) is 14.9 Å². The van der Waals surface area contributed by atoms with Gasteiger partial charge in [0.25, 0.3) is 11.6 Å². The minimum atomic E-state index is -0.644. The lowest BCUT2D eigenvalue weighted by atomic mass is 10.2. The van der Waals surface area contributed by atoms with Gasteiger partial charge in [-0.1, -0.05) is 36.2 Å². The molecule has 0 saturated carbocycles. The van der Waals surface area contributed by atoms with Gasteiger partial charge >= 0.3 is 0 Å². The van der Waals surface area contributed by atoms with Crippen molar-refractivity contribution in [3.05, 3.63) is 62.1 Å². The first-order valence-corrected chi connectivity index (χ1v) is 7.85. The molecule has 0 aliphatic carbocycles. The summed E-state index contributed by atoms with van der Waals surface area (Å²) in [4.78, 5) is 22.5. The Kier molecular flexibility index (Phi) is 6.00. The molecule has 1 N–H and O–H groups in total. The van der Waals surface area contributed by atoms with E-state index in [2.05, 4.69) is 5.32 Å². The number of rotatable bonds is 6. The number of nitro benzene ring substituents is 1. The monoisotopic (exact) mass is 368 g/mol. The van der Waals surface area contributed by atoms with Crippen molar-refractivity contribution in [1.82, 2.24) is 0 Å². The molecule has 2 aromatic rings. The third kappa shape index (κ3) is 4.37. The van der Waals surface area contributed by atoms with Crippen LogP contribution < -0.4 is 10.1 Å². The van der Waals surface area contributed by atoms with Crippen LogP contribution in [0.25, 0.3) is 0 Å². The van der Waals surface area contributed by atoms with E-state index in [0.717, 1.165) is 12.5 Å². The maximum absolute atomic E-state index is 12.3. The largest absolute Gasteiger partial charge is 0.494 e. The van der Waals surface area contributed by atoms with Crippen molar-refractivity contribution < 1.29 is 14.5 Å². The standard InChI is InChI=1S/C16H14Cl2N2O4/c1-2-6-24-11-5-3-4-10(7-11)16(21)19-14-8-13(18)15(20(22)23)9-12(14)17/h3-5,7-9H,2,6H2,1H3,(H,19,21). The van der Waals surface area contributed by atoms with Crippen LogP contribution in [0.5, 0.6) is 5.75 Å². The molecule has 0 radical (unpaired) electrons. The van der Waals surface area contributed by atoms with Crippen LogP contribution in [-0.2, 0) is 0 Å². The van der Waals surface area contributed by atoms with Gasteiger partial charge < -0.3 is 10.1 Å². The first-order valence-electron chi connectivity index (χ1n) is 7.10. The number of nitro groups is 1. The summed E-state index contributed by atoms with van der Waals surface area (Å²) in [5.74, 6) is 0.154. The summed E-state index contributed by atoms with van der Waals surface area (Å²) < 4.78 is 5.48. The van der Waals surface area contributed by atoms with Crippen molar-refractivity contribution in [3.63, 3.8) is 0 Å². The number of benzene rings is 2. The van der Waals surface area contributed by atoms with Crippen LogP contribution in [0.3, 0.4) is 0 Å². The lowest BCUT2D eigenvalue weighted by Gasteiger charge is -2.10. The molecule has 0 fully saturated rings. The van der Waals surface area contributed by atoms with E-state index in [1.807, 2.05) is 6.92 Å². The first-order chi connectivity index (χ1) is 11.4. The smallest absolute Gasteiger partial charge is 0.289 e. The van der Waals surface area contributed by atoms with E-state index in [1.165, 1.54) is 6.07 Å². The molecule has 0 bridgehead atoms. The molecule has 0 atom stereocenters. The molecular weight excluding hydrogens is 355 g/mol. The number of carbonyl (C=O) groups excluding carboxylic acids is 1. The van der Waals surface area contributed by atoms with Gasteiger partial charge in [0.2, 0.25) is 0 Å². The third-order valence-corrected chi connectivity index (χ3v) is 3.67. The van der Waals surface area contributed by atoms with Crippen LogP contribution >= 0.6 is 23.2 Å². The highest BCUT2D eigenvalue weighted by atomic mass is 35.5. The van der Waals surface area contributed by atoms with Gasteiger partial charge in [-0.15, -0.1) is 0 Å². The Hall–Kier alpha value is -2.31. The predicted octanol–water partition coefficient (Wildman–Crippen LogP) is 4.94. The molecule has 2 aromatic carbocycles. The van der Waals surface area contributed by atoms with E-state index in [-0.39, 0.29) is 21.4 Å². The molecular formula is C16H14Cl2N2O4. The SMILES string of the molecule is CCCOc1cccc(C(=O)Nc2cc(Cl)c([N+](=O)[O-])cc2Cl)c1. The van der Waals surface area contributed by atoms with Gasteiger partial charge in [0.05, 0.1) is 22.2 Å². The third-order valence-electron chi connectivity index (χ3n) is 3.05. The van der Waals surface area contributed by atoms with Crippen LogP contribution in [0, 0.1) is 10.1 Å². The van der Waals surface area contributed by atoms with E-state index in [4.69, 9.17) is 27.9 Å². The number of amides is 1. The summed E-state index contributed by atoms with van der Waals surface area (Å²) in [5.41, 5.74) is 0.237. The second-order valence-electron chi connectivity index (χ2n) is 4.87. The zero-order valence-corrected chi connectivity index (χ0v) is 14.2. The molecule has 0 heterocycles. The second-order valence-corrected chi connectivity index (χ2v) is 5.69. The molecule has 0 spiro atoms. The average molecular weight is 369 g/mol. The number of nitrogens with zero attached hydrogens (tertiary/aromatic N) is 1. The highest BCUT2D eigenvalue weighted by molar-refractivity contribution is 6.37. The van der Waals surface area contributed by atoms with Gasteiger partial charge in [-0.25, -0.2) is 0 Å². The van der Waals surface area contributed by atoms with Gasteiger partial charge in [-0.3, -0.25) is 14.9 Å². The fraction of sp³-hybridized carbons (Fsp3) is 0.188. The average Bonchev–Trinajstić information content (AvgIpc) is 2.55. The van der Waals surface area contributed by atoms with E-state index in [0.29, 0.717) is 17.9 Å². The zero-order valence-electron chi connectivity index (χ0n) is 12.7. The Labute approximate surface area is 148 Å². The predicted molar refractivity (Wildman–Crippen MR) is 93.3 cm³/mol. The zero-order chi connectivity index (χ0) is 17.7. The highest BCUT2D eigenvalue weighted by Crippen LogP contribution is 2.34. The molecule has 0 aliphatic heterocycles. The Morgan fingerprint density at radius 1 is 1.25 bits per heavy atom. The van der Waals surface area contributed by atoms with Crippen molar-refractivity contribution in [2.45, 2.75) is 13.3 Å². The summed E-state index contributed by atoms with van der Waals surface area (Å²) in [6.45, 7) is 2.53. The summed E-state index contributed by atoms with van der Waals surface area (Å²) in [7, 11) is 0. The van der Waals surface area contributed by atoms with Crippen LogP contribution in [0.4, 0.5) is 11.4 Å². The van der Waals surface area contributed by atoms with Crippen molar-refractivity contribution in [2.75, 3.05) is 11.9 Å². The first kappa shape index (κ1) is 18.0. The maximum Gasteiger partial charge on any atom is 0.289 e. The van der Waals surface area contributed by atoms with Crippen molar-refractivity contribution in [1.29, 1.82) is 0 Å². The normalized spacial score (nSPS) is 10.3. The fourth-order valence-corrected chi connectivity index (χ4v) is 2.35. The number of hydrogen-bond donors (Lipinski definition) is 1. The van der Waals surface area contributed by atoms with Gasteiger partial charge in [-0.05, 0) is 30.7 Å². The van der Waals surface area contributed by atoms with E-state index < -0.39 is 10.8 Å². The molecule has 0 saturated heterocycles. The fourth-order valence-electron chi connectivity index (χ4n) is 1.91. The Balaban J connectivity index is 2.21. The summed E-state index contributed by atoms with van der Waals surface area (Å²) in [6.07, 6.45) is 0.854. The molecule has 1 amide bonds. The van der Waals surface area contributed by atoms with E-state index in [1.54, 1.807) is 24.3 Å². The highest BCUT2D eigenvalue weighted by Gasteiger charge is 2.18. The molecule has 24 heavy (non-hydrogen) atoms. The number of hydrogen-bond acceptors (Lipinski definition) is 4. The van der Waals surface area contributed by atoms with Crippen molar-refractivity contribution >= 4 is 40.5 Å². The molecule has 6 nitrogen and oxygen atoms in total. The minimum absolute atomic E-state index is 0.0258. The van der Waals surface area contributed by atoms with Gasteiger partial charge in [0.15, 0.2) is 0 Å². The van der Waals surface area contributed by atoms with E-state index >= 15 is 0 Å². The Morgan fingerprint density at radius 2 is 2.00 bits per heavy atom. The molecule has 126 valence electrons. The van der Waals surface area contributed by atoms with Gasteiger partial charge in [0, 0.05) is 11.6 Å². The minimum Gasteiger partial charge on any atom is -0.494 e. The van der Waals surface area contributed by atoms with Crippen LogP contribution in [0.1, 0.15) is 23.7 Å². The summed E-state index contributed by atoms with van der Waals surface area (Å²) in [5, 5.41) is 13.3. The second kappa shape index (κ2) is 7.99. The lowest BCUT2D eigenvalue weighted by molar-refractivity contribution is -0.384. The maximum atomic E-state index is 12.3. The van der Waals surface area contributed by atoms with Crippen LogP contribution in [0.15, 0.2) is 36.4 Å². The topological polar surface area (TPSA) is 81.5 Å². The Bertz CT molecular complexity index is 781. The van der Waals surface area contributed by atoms with Crippen LogP contribution in [-0.4, -0.2) is 17.4 Å². The van der Waals surface area contributed by atoms with Crippen molar-refractivity contribution in [2.24, 2.45) is 0 Å². The summed E-state index contributed by atoms with van der Waals surface area (Å²) in [6, 6.07) is 9.02. The molecule has 8 heteroatoms. The summed E-state index contributed by atoms with van der Waals surface area (Å²) >= 11 is 11.8. The van der Waals surface area contributed by atoms with Gasteiger partial charge in [-0.2, -0.15) is 0 Å². The number of halogens is 2. The quantitative estimate of drug-likeness (QED) is 0.577. The molecule has 2 rings (SSSR count). The van der Waals surface area contributed by atoms with Gasteiger partial charge in [0.1, 0.15) is 10.8 Å². The number of anilines is 1. The molecule has 0 unspecified atom stereocenters. The molecule has 0 aromatic heterocycles. The number of nitrogens with one attached hydrogen (secondary N) is 1.